The molecule has 0 aromatic carbocycles. The lowest BCUT2D eigenvalue weighted by Crippen LogP contribution is -2.32. The largest absolute Gasteiger partial charge is 0.266 e. The molecule has 0 atom stereocenters. The van der Waals surface area contributed by atoms with Gasteiger partial charge in [-0.15, -0.1) is 0 Å². The maximum Gasteiger partial charge on any atom is 0.262 e. The van der Waals surface area contributed by atoms with Gasteiger partial charge in [-0.3, -0.25) is 4.99 Å². The van der Waals surface area contributed by atoms with E-state index < -0.39 is 10.0 Å². The predicted molar refractivity (Wildman–Crippen MR) is 72.9 cm³/mol. The molecule has 0 amide bonds. The summed E-state index contributed by atoms with van der Waals surface area (Å²) in [4.78, 5) is 7.57. The summed E-state index contributed by atoms with van der Waals surface area (Å²) in [5.74, 6) is 0. The maximum absolute atomic E-state index is 12.3. The molecule has 0 aliphatic heterocycles. The summed E-state index contributed by atoms with van der Waals surface area (Å²) in [7, 11) is -3.57. The van der Waals surface area contributed by atoms with Crippen LogP contribution in [0.2, 0.25) is 0 Å². The molecule has 0 bridgehead atoms. The molecule has 0 unspecified atom stereocenters. The van der Waals surface area contributed by atoms with E-state index in [2.05, 4.69) is 16.7 Å². The van der Waals surface area contributed by atoms with E-state index in [9.17, 15) is 8.42 Å². The van der Waals surface area contributed by atoms with Gasteiger partial charge in [0.25, 0.3) is 10.0 Å². The van der Waals surface area contributed by atoms with Crippen LogP contribution in [0.25, 0.3) is 0 Å². The molecule has 0 spiro atoms. The highest BCUT2D eigenvalue weighted by Crippen LogP contribution is 2.19. The molecule has 98 valence electrons. The van der Waals surface area contributed by atoms with Crippen LogP contribution < -0.4 is 0 Å². The second-order valence-corrected chi connectivity index (χ2v) is 5.29. The average molecular weight is 259 g/mol. The van der Waals surface area contributed by atoms with Crippen molar-refractivity contribution < 1.29 is 8.42 Å². The first-order valence-electron chi connectivity index (χ1n) is 5.62. The zero-order chi connectivity index (χ0) is 13.5. The van der Waals surface area contributed by atoms with Gasteiger partial charge in [-0.2, -0.15) is 4.31 Å². The summed E-state index contributed by atoms with van der Waals surface area (Å²) in [6.07, 6.45) is 2.21. The monoisotopic (exact) mass is 259 g/mol. The molecule has 0 saturated carbocycles. The minimum Gasteiger partial charge on any atom is -0.266 e. The van der Waals surface area contributed by atoms with Crippen molar-refractivity contribution in [1.82, 2.24) is 4.31 Å². The van der Waals surface area contributed by atoms with E-state index in [4.69, 9.17) is 0 Å². The fourth-order valence-corrected chi connectivity index (χ4v) is 3.04. The molecule has 5 nitrogen and oxygen atoms in total. The molecule has 0 aromatic heterocycles. The van der Waals surface area contributed by atoms with Gasteiger partial charge in [0.1, 0.15) is 0 Å². The summed E-state index contributed by atoms with van der Waals surface area (Å²) in [5, 5.41) is -0.0229. The van der Waals surface area contributed by atoms with E-state index in [1.165, 1.54) is 10.5 Å². The van der Waals surface area contributed by atoms with E-state index >= 15 is 0 Å². The number of hydrogen-bond acceptors (Lipinski definition) is 4. The Morgan fingerprint density at radius 2 is 2.00 bits per heavy atom. The Hall–Kier alpha value is -1.01. The van der Waals surface area contributed by atoms with Crippen LogP contribution in [0, 0.1) is 0 Å². The molecule has 0 rings (SSSR count). The normalized spacial score (nSPS) is 14.2. The van der Waals surface area contributed by atoms with Crippen molar-refractivity contribution in [1.29, 1.82) is 0 Å². The molecule has 0 radical (unpaired) electrons. The lowest BCUT2D eigenvalue weighted by Gasteiger charge is -2.20. The van der Waals surface area contributed by atoms with Gasteiger partial charge in [-0.25, -0.2) is 13.4 Å². The summed E-state index contributed by atoms with van der Waals surface area (Å²) in [6, 6.07) is 0. The van der Waals surface area contributed by atoms with Gasteiger partial charge >= 0.3 is 0 Å². The number of aliphatic imine (C=N–C) groups is 2. The number of nitrogens with zero attached hydrogens (tertiary/aromatic N) is 3. The van der Waals surface area contributed by atoms with E-state index in [1.54, 1.807) is 20.8 Å². The standard InChI is InChI=1S/C11H21N3O2S/c1-6-9-14(8-3)17(15,16)11(13-7-2)10(4)12-5/h7H,5-6,8-9H2,1-4H3/b11-10+,13-7-. The third-order valence-electron chi connectivity index (χ3n) is 2.20. The number of sulfonamides is 1. The Labute approximate surface area is 104 Å². The molecule has 0 aromatic rings. The number of rotatable bonds is 7. The molecule has 17 heavy (non-hydrogen) atoms. The van der Waals surface area contributed by atoms with Crippen molar-refractivity contribution in [2.75, 3.05) is 13.1 Å². The minimum absolute atomic E-state index is 0.0229. The van der Waals surface area contributed by atoms with Gasteiger partial charge in [0.15, 0.2) is 5.03 Å². The smallest absolute Gasteiger partial charge is 0.262 e. The lowest BCUT2D eigenvalue weighted by atomic mass is 10.5. The molecule has 0 heterocycles. The molecular formula is C11H21N3O2S. The van der Waals surface area contributed by atoms with Crippen molar-refractivity contribution in [3.8, 4) is 0 Å². The summed E-state index contributed by atoms with van der Waals surface area (Å²) < 4.78 is 26.0. The average Bonchev–Trinajstić information content (AvgIpc) is 2.31. The van der Waals surface area contributed by atoms with Crippen molar-refractivity contribution >= 4 is 23.0 Å². The predicted octanol–water partition coefficient (Wildman–Crippen LogP) is 2.03. The first kappa shape index (κ1) is 16.0. The Balaban J connectivity index is 5.60. The fourth-order valence-electron chi connectivity index (χ4n) is 1.35. The van der Waals surface area contributed by atoms with Crippen molar-refractivity contribution in [3.05, 3.63) is 10.7 Å². The number of allylic oxidation sites excluding steroid dienone is 1. The van der Waals surface area contributed by atoms with Crippen LogP contribution in [0.3, 0.4) is 0 Å². The zero-order valence-electron chi connectivity index (χ0n) is 11.0. The highest BCUT2D eigenvalue weighted by Gasteiger charge is 2.26. The van der Waals surface area contributed by atoms with Crippen LogP contribution >= 0.6 is 0 Å². The minimum atomic E-state index is -3.57. The Bertz CT molecular complexity index is 410. The summed E-state index contributed by atoms with van der Waals surface area (Å²) in [6.45, 7) is 11.2. The molecule has 0 aliphatic carbocycles. The third-order valence-corrected chi connectivity index (χ3v) is 4.21. The first-order chi connectivity index (χ1) is 7.95. The summed E-state index contributed by atoms with van der Waals surface area (Å²) in [5.41, 5.74) is 0.317. The van der Waals surface area contributed by atoms with Crippen molar-refractivity contribution in [3.63, 3.8) is 0 Å². The summed E-state index contributed by atoms with van der Waals surface area (Å²) >= 11 is 0. The van der Waals surface area contributed by atoms with Crippen LogP contribution in [-0.2, 0) is 10.0 Å². The second-order valence-electron chi connectivity index (χ2n) is 3.43. The van der Waals surface area contributed by atoms with Crippen LogP contribution in [0.15, 0.2) is 20.7 Å². The highest BCUT2D eigenvalue weighted by atomic mass is 32.2. The topological polar surface area (TPSA) is 62.1 Å². The third kappa shape index (κ3) is 4.05. The molecular weight excluding hydrogens is 238 g/mol. The second kappa shape index (κ2) is 7.34. The van der Waals surface area contributed by atoms with E-state index in [-0.39, 0.29) is 5.03 Å². The molecule has 6 heteroatoms. The van der Waals surface area contributed by atoms with Gasteiger partial charge in [-0.1, -0.05) is 13.8 Å². The van der Waals surface area contributed by atoms with Gasteiger partial charge in [0.05, 0.1) is 5.70 Å². The van der Waals surface area contributed by atoms with E-state index in [0.29, 0.717) is 18.8 Å². The SMILES string of the molecule is C=N/C(C)=C(\N=C/C)S(=O)(=O)N(CC)CCC. The molecule has 0 aliphatic rings. The lowest BCUT2D eigenvalue weighted by molar-refractivity contribution is 0.431. The van der Waals surface area contributed by atoms with E-state index in [0.717, 1.165) is 6.42 Å². The van der Waals surface area contributed by atoms with Gasteiger partial charge in [-0.05, 0) is 27.0 Å². The Morgan fingerprint density at radius 3 is 2.35 bits per heavy atom. The first-order valence-corrected chi connectivity index (χ1v) is 7.06. The highest BCUT2D eigenvalue weighted by molar-refractivity contribution is 7.93. The van der Waals surface area contributed by atoms with E-state index in [1.807, 2.05) is 6.92 Å². The zero-order valence-corrected chi connectivity index (χ0v) is 11.8. The molecule has 0 saturated heterocycles. The van der Waals surface area contributed by atoms with Gasteiger partial charge in [0, 0.05) is 19.3 Å². The Morgan fingerprint density at radius 1 is 1.41 bits per heavy atom. The maximum atomic E-state index is 12.3. The van der Waals surface area contributed by atoms with Crippen LogP contribution in [0.5, 0.6) is 0 Å². The number of hydrogen-bond donors (Lipinski definition) is 0. The van der Waals surface area contributed by atoms with Crippen LogP contribution in [0.4, 0.5) is 0 Å². The molecule has 0 fully saturated rings. The van der Waals surface area contributed by atoms with Gasteiger partial charge in [0.2, 0.25) is 0 Å². The molecule has 0 N–H and O–H groups in total. The van der Waals surface area contributed by atoms with Crippen molar-refractivity contribution in [2.24, 2.45) is 9.98 Å². The van der Waals surface area contributed by atoms with Gasteiger partial charge < -0.3 is 0 Å². The quantitative estimate of drug-likeness (QED) is 0.657. The van der Waals surface area contributed by atoms with Crippen molar-refractivity contribution in [2.45, 2.75) is 34.1 Å². The van der Waals surface area contributed by atoms with Crippen LogP contribution in [-0.4, -0.2) is 38.7 Å². The van der Waals surface area contributed by atoms with Crippen LogP contribution in [0.1, 0.15) is 34.1 Å². The Kier molecular flexibility index (Phi) is 6.91. The fraction of sp³-hybridized carbons (Fsp3) is 0.636.